The van der Waals surface area contributed by atoms with E-state index in [0.717, 1.165) is 25.5 Å². The van der Waals surface area contributed by atoms with Crippen LogP contribution in [0.4, 0.5) is 0 Å². The lowest BCUT2D eigenvalue weighted by atomic mass is 9.96. The van der Waals surface area contributed by atoms with E-state index in [1.807, 2.05) is 11.8 Å². The molecule has 0 aromatic heterocycles. The van der Waals surface area contributed by atoms with E-state index in [1.165, 1.54) is 12.8 Å². The van der Waals surface area contributed by atoms with E-state index in [2.05, 4.69) is 37.7 Å². The van der Waals surface area contributed by atoms with Gasteiger partial charge in [-0.1, -0.05) is 0 Å². The first kappa shape index (κ1) is 18.4. The summed E-state index contributed by atoms with van der Waals surface area (Å²) in [5, 5.41) is 6.89. The van der Waals surface area contributed by atoms with E-state index in [1.54, 1.807) is 0 Å². The molecule has 0 aliphatic carbocycles. The zero-order valence-electron chi connectivity index (χ0n) is 12.9. The van der Waals surface area contributed by atoms with Crippen molar-refractivity contribution in [3.8, 4) is 0 Å². The summed E-state index contributed by atoms with van der Waals surface area (Å²) in [5.41, 5.74) is 0. The van der Waals surface area contributed by atoms with Gasteiger partial charge in [0.25, 0.3) is 0 Å². The summed E-state index contributed by atoms with van der Waals surface area (Å²) in [5.74, 6) is 0.936. The van der Waals surface area contributed by atoms with Crippen molar-refractivity contribution in [2.75, 3.05) is 19.3 Å². The third-order valence-corrected chi connectivity index (χ3v) is 5.18. The van der Waals surface area contributed by atoms with Crippen molar-refractivity contribution in [2.24, 2.45) is 4.99 Å². The van der Waals surface area contributed by atoms with Crippen LogP contribution in [0.3, 0.4) is 0 Å². The summed E-state index contributed by atoms with van der Waals surface area (Å²) in [7, 11) is 0. The molecule has 2 saturated heterocycles. The van der Waals surface area contributed by atoms with E-state index in [4.69, 9.17) is 9.73 Å². The van der Waals surface area contributed by atoms with E-state index < -0.39 is 0 Å². The second-order valence-electron chi connectivity index (χ2n) is 6.02. The molecule has 0 spiro atoms. The van der Waals surface area contributed by atoms with Crippen molar-refractivity contribution in [1.29, 1.82) is 0 Å². The van der Waals surface area contributed by atoms with E-state index in [0.29, 0.717) is 18.2 Å². The zero-order chi connectivity index (χ0) is 13.9. The number of fused-ring (bicyclic) bond motifs is 2. The van der Waals surface area contributed by atoms with Gasteiger partial charge in [-0.3, -0.25) is 4.99 Å². The third kappa shape index (κ3) is 4.94. The van der Waals surface area contributed by atoms with Gasteiger partial charge in [-0.05, 0) is 46.3 Å². The Hall–Kier alpha value is 0.310. The highest BCUT2D eigenvalue weighted by Crippen LogP contribution is 2.34. The Labute approximate surface area is 144 Å². The molecule has 2 heterocycles. The maximum Gasteiger partial charge on any atom is 0.191 e. The molecule has 2 N–H and O–H groups in total. The van der Waals surface area contributed by atoms with E-state index in [-0.39, 0.29) is 28.7 Å². The largest absolute Gasteiger partial charge is 0.373 e. The first-order valence-corrected chi connectivity index (χ1v) is 8.52. The summed E-state index contributed by atoms with van der Waals surface area (Å²) < 4.78 is 6.07. The van der Waals surface area contributed by atoms with Crippen molar-refractivity contribution in [2.45, 2.75) is 63.0 Å². The Kier molecular flexibility index (Phi) is 7.41. The molecule has 2 fully saturated rings. The fourth-order valence-corrected chi connectivity index (χ4v) is 2.81. The number of aliphatic imine (C=N–C) groups is 1. The lowest BCUT2D eigenvalue weighted by molar-refractivity contribution is 0.0992. The first-order valence-electron chi connectivity index (χ1n) is 7.29. The maximum atomic E-state index is 5.88. The van der Waals surface area contributed by atoms with Crippen LogP contribution in [0.15, 0.2) is 4.99 Å². The highest BCUT2D eigenvalue weighted by molar-refractivity contribution is 14.0. The molecule has 0 saturated carbocycles. The van der Waals surface area contributed by atoms with Crippen LogP contribution in [0.2, 0.25) is 0 Å². The highest BCUT2D eigenvalue weighted by atomic mass is 127. The van der Waals surface area contributed by atoms with E-state index in [9.17, 15) is 0 Å². The number of nitrogens with zero attached hydrogens (tertiary/aromatic N) is 1. The molecule has 0 radical (unpaired) electrons. The quantitative estimate of drug-likeness (QED) is 0.413. The molecule has 0 amide bonds. The van der Waals surface area contributed by atoms with Crippen LogP contribution in [0, 0.1) is 0 Å². The maximum absolute atomic E-state index is 5.88. The number of rotatable bonds is 5. The zero-order valence-corrected chi connectivity index (χ0v) is 16.1. The van der Waals surface area contributed by atoms with Crippen molar-refractivity contribution in [3.63, 3.8) is 0 Å². The minimum absolute atomic E-state index is 0. The number of hydrogen-bond donors (Lipinski definition) is 2. The standard InChI is InChI=1S/C14H27N3OS.HI/c1-5-15-13(16-9-14(2,3)19-4)17-11-8-10-6-7-12(11)18-10;/h10-12H,5-9H2,1-4H3,(H2,15,16,17);1H. The van der Waals surface area contributed by atoms with Crippen molar-refractivity contribution in [1.82, 2.24) is 10.6 Å². The van der Waals surface area contributed by atoms with Crippen LogP contribution in [0.1, 0.15) is 40.0 Å². The topological polar surface area (TPSA) is 45.7 Å². The normalized spacial score (nSPS) is 29.2. The monoisotopic (exact) mass is 413 g/mol. The second-order valence-corrected chi connectivity index (χ2v) is 7.53. The Bertz CT molecular complexity index is 338. The molecule has 3 atom stereocenters. The molecule has 2 rings (SSSR count). The molecule has 0 aromatic rings. The van der Waals surface area contributed by atoms with Crippen LogP contribution in [0.5, 0.6) is 0 Å². The molecule has 2 aliphatic heterocycles. The Morgan fingerprint density at radius 1 is 1.40 bits per heavy atom. The first-order chi connectivity index (χ1) is 9.04. The van der Waals surface area contributed by atoms with Crippen molar-refractivity contribution >= 4 is 41.7 Å². The smallest absolute Gasteiger partial charge is 0.191 e. The highest BCUT2D eigenvalue weighted by Gasteiger charge is 2.41. The molecule has 6 heteroatoms. The van der Waals surface area contributed by atoms with Gasteiger partial charge in [0.2, 0.25) is 0 Å². The summed E-state index contributed by atoms with van der Waals surface area (Å²) in [6.07, 6.45) is 6.56. The number of guanidine groups is 1. The number of thioether (sulfide) groups is 1. The predicted octanol–water partition coefficient (Wildman–Crippen LogP) is 2.62. The second kappa shape index (κ2) is 8.08. The van der Waals surface area contributed by atoms with Gasteiger partial charge in [0.05, 0.1) is 24.8 Å². The van der Waals surface area contributed by atoms with Crippen LogP contribution >= 0.6 is 35.7 Å². The van der Waals surface area contributed by atoms with Crippen LogP contribution < -0.4 is 10.6 Å². The predicted molar refractivity (Wildman–Crippen MR) is 98.4 cm³/mol. The summed E-state index contributed by atoms with van der Waals surface area (Å²) in [6.45, 7) is 8.28. The van der Waals surface area contributed by atoms with Crippen LogP contribution in [0.25, 0.3) is 0 Å². The molecule has 3 unspecified atom stereocenters. The molecule has 0 aromatic carbocycles. The summed E-state index contributed by atoms with van der Waals surface area (Å²) in [6, 6.07) is 0.439. The Balaban J connectivity index is 0.00000200. The fraction of sp³-hybridized carbons (Fsp3) is 0.929. The van der Waals surface area contributed by atoms with Gasteiger partial charge < -0.3 is 15.4 Å². The molecule has 118 valence electrons. The molecule has 2 bridgehead atoms. The third-order valence-electron chi connectivity index (χ3n) is 3.94. The molecular formula is C14H28IN3OS. The molecule has 20 heavy (non-hydrogen) atoms. The van der Waals surface area contributed by atoms with Gasteiger partial charge in [0.1, 0.15) is 0 Å². The number of hydrogen-bond acceptors (Lipinski definition) is 3. The molecular weight excluding hydrogens is 385 g/mol. The van der Waals surface area contributed by atoms with Crippen molar-refractivity contribution < 1.29 is 4.74 Å². The number of ether oxygens (including phenoxy) is 1. The number of halogens is 1. The fourth-order valence-electron chi connectivity index (χ4n) is 2.62. The SMILES string of the molecule is CCNC(=NCC(C)(C)SC)NC1CC2CCC1O2.I. The minimum atomic E-state index is 0. The molecule has 2 aliphatic rings. The van der Waals surface area contributed by atoms with Gasteiger partial charge in [0.15, 0.2) is 5.96 Å². The average molecular weight is 413 g/mol. The van der Waals surface area contributed by atoms with E-state index >= 15 is 0 Å². The van der Waals surface area contributed by atoms with Gasteiger partial charge in [-0.25, -0.2) is 0 Å². The lowest BCUT2D eigenvalue weighted by Crippen LogP contribution is -2.47. The Morgan fingerprint density at radius 2 is 2.15 bits per heavy atom. The van der Waals surface area contributed by atoms with Gasteiger partial charge in [-0.15, -0.1) is 24.0 Å². The van der Waals surface area contributed by atoms with Gasteiger partial charge in [0, 0.05) is 11.3 Å². The van der Waals surface area contributed by atoms with Gasteiger partial charge in [-0.2, -0.15) is 11.8 Å². The lowest BCUT2D eigenvalue weighted by Gasteiger charge is -2.24. The Morgan fingerprint density at radius 3 is 2.65 bits per heavy atom. The van der Waals surface area contributed by atoms with Crippen molar-refractivity contribution in [3.05, 3.63) is 0 Å². The minimum Gasteiger partial charge on any atom is -0.373 e. The van der Waals surface area contributed by atoms with Crippen LogP contribution in [-0.2, 0) is 4.74 Å². The molecule has 4 nitrogen and oxygen atoms in total. The number of nitrogens with one attached hydrogen (secondary N) is 2. The summed E-state index contributed by atoms with van der Waals surface area (Å²) in [4.78, 5) is 4.72. The van der Waals surface area contributed by atoms with Gasteiger partial charge >= 0.3 is 0 Å². The average Bonchev–Trinajstić information content (AvgIpc) is 2.98. The summed E-state index contributed by atoms with van der Waals surface area (Å²) >= 11 is 1.85. The van der Waals surface area contributed by atoms with Crippen LogP contribution in [-0.4, -0.2) is 48.3 Å².